The van der Waals surface area contributed by atoms with Crippen LogP contribution >= 0.6 is 0 Å². The fourth-order valence-corrected chi connectivity index (χ4v) is 4.17. The summed E-state index contributed by atoms with van der Waals surface area (Å²) in [6.45, 7) is 9.58. The second-order valence-corrected chi connectivity index (χ2v) is 7.37. The summed E-state index contributed by atoms with van der Waals surface area (Å²) < 4.78 is 1.96. The number of aromatic nitrogens is 3. The van der Waals surface area contributed by atoms with E-state index in [-0.39, 0.29) is 0 Å². The van der Waals surface area contributed by atoms with Gasteiger partial charge in [0.05, 0.1) is 6.20 Å². The molecular formula is C21H26N4. The third-order valence-electron chi connectivity index (χ3n) is 5.38. The van der Waals surface area contributed by atoms with Crippen molar-refractivity contribution < 1.29 is 0 Å². The number of rotatable bonds is 3. The monoisotopic (exact) mass is 334 g/mol. The molecule has 1 saturated heterocycles. The maximum Gasteiger partial charge on any atom is 0.159 e. The molecule has 0 radical (unpaired) electrons. The molecule has 1 atom stereocenters. The largest absolute Gasteiger partial charge is 0.298 e. The van der Waals surface area contributed by atoms with E-state index in [1.807, 2.05) is 10.7 Å². The van der Waals surface area contributed by atoms with E-state index in [0.29, 0.717) is 5.92 Å². The molecule has 130 valence electrons. The molecule has 3 aromatic rings. The molecule has 4 nitrogen and oxygen atoms in total. The zero-order valence-electron chi connectivity index (χ0n) is 15.4. The summed E-state index contributed by atoms with van der Waals surface area (Å²) in [6.07, 6.45) is 4.53. The molecule has 0 saturated carbocycles. The van der Waals surface area contributed by atoms with Gasteiger partial charge in [0.15, 0.2) is 5.65 Å². The number of fused-ring (bicyclic) bond motifs is 1. The highest BCUT2D eigenvalue weighted by molar-refractivity contribution is 5.48. The molecule has 0 aliphatic carbocycles. The van der Waals surface area contributed by atoms with Gasteiger partial charge in [-0.3, -0.25) is 4.90 Å². The maximum absolute atomic E-state index is 4.73. The van der Waals surface area contributed by atoms with E-state index in [9.17, 15) is 0 Å². The predicted octanol–water partition coefficient (Wildman–Crippen LogP) is 4.03. The van der Waals surface area contributed by atoms with Crippen molar-refractivity contribution in [2.75, 3.05) is 13.1 Å². The Balaban J connectivity index is 1.56. The van der Waals surface area contributed by atoms with Crippen molar-refractivity contribution in [1.29, 1.82) is 0 Å². The van der Waals surface area contributed by atoms with Gasteiger partial charge in [0.25, 0.3) is 0 Å². The minimum absolute atomic E-state index is 0.633. The van der Waals surface area contributed by atoms with Crippen molar-refractivity contribution in [3.05, 3.63) is 64.6 Å². The molecule has 2 aromatic heterocycles. The van der Waals surface area contributed by atoms with Crippen molar-refractivity contribution >= 4 is 5.65 Å². The van der Waals surface area contributed by atoms with E-state index in [2.05, 4.69) is 61.1 Å². The van der Waals surface area contributed by atoms with Crippen LogP contribution in [-0.2, 0) is 6.54 Å². The number of nitrogens with zero attached hydrogens (tertiary/aromatic N) is 4. The molecule has 0 amide bonds. The molecule has 25 heavy (non-hydrogen) atoms. The van der Waals surface area contributed by atoms with Gasteiger partial charge < -0.3 is 0 Å². The van der Waals surface area contributed by atoms with Crippen molar-refractivity contribution in [2.24, 2.45) is 0 Å². The lowest BCUT2D eigenvalue weighted by Crippen LogP contribution is -2.34. The van der Waals surface area contributed by atoms with Crippen molar-refractivity contribution in [3.8, 4) is 0 Å². The Hall–Kier alpha value is -2.20. The van der Waals surface area contributed by atoms with Gasteiger partial charge in [0.2, 0.25) is 0 Å². The molecule has 1 aliphatic heterocycles. The van der Waals surface area contributed by atoms with Crippen molar-refractivity contribution in [1.82, 2.24) is 19.5 Å². The van der Waals surface area contributed by atoms with Crippen LogP contribution in [0.1, 0.15) is 46.8 Å². The molecule has 4 rings (SSSR count). The smallest absolute Gasteiger partial charge is 0.159 e. The molecule has 0 N–H and O–H groups in total. The summed E-state index contributed by atoms with van der Waals surface area (Å²) in [7, 11) is 0. The summed E-state index contributed by atoms with van der Waals surface area (Å²) in [5, 5.41) is 4.54. The van der Waals surface area contributed by atoms with Crippen LogP contribution in [0.15, 0.2) is 36.5 Å². The molecule has 3 heterocycles. The topological polar surface area (TPSA) is 33.4 Å². The Morgan fingerprint density at radius 1 is 1.16 bits per heavy atom. The Labute approximate surface area is 149 Å². The quantitative estimate of drug-likeness (QED) is 0.725. The van der Waals surface area contributed by atoms with E-state index in [1.54, 1.807) is 0 Å². The number of aryl methyl sites for hydroxylation is 3. The van der Waals surface area contributed by atoms with Crippen LogP contribution in [-0.4, -0.2) is 32.6 Å². The lowest BCUT2D eigenvalue weighted by atomic mass is 9.88. The molecule has 1 fully saturated rings. The Morgan fingerprint density at radius 3 is 2.84 bits per heavy atom. The Bertz CT molecular complexity index is 896. The van der Waals surface area contributed by atoms with Gasteiger partial charge in [-0.1, -0.05) is 24.3 Å². The molecule has 1 aliphatic rings. The molecule has 0 unspecified atom stereocenters. The fourth-order valence-electron chi connectivity index (χ4n) is 4.17. The molecule has 4 heteroatoms. The predicted molar refractivity (Wildman–Crippen MR) is 101 cm³/mol. The van der Waals surface area contributed by atoms with Crippen molar-refractivity contribution in [3.63, 3.8) is 0 Å². The zero-order valence-corrected chi connectivity index (χ0v) is 15.4. The fraction of sp³-hybridized carbons (Fsp3) is 0.429. The van der Waals surface area contributed by atoms with Crippen LogP contribution in [0.5, 0.6) is 0 Å². The van der Waals surface area contributed by atoms with Gasteiger partial charge in [-0.2, -0.15) is 5.10 Å². The van der Waals surface area contributed by atoms with Gasteiger partial charge in [-0.25, -0.2) is 9.50 Å². The van der Waals surface area contributed by atoms with Gasteiger partial charge in [-0.05, 0) is 63.3 Å². The first-order chi connectivity index (χ1) is 12.1. The second kappa shape index (κ2) is 6.60. The Kier molecular flexibility index (Phi) is 4.30. The van der Waals surface area contributed by atoms with E-state index >= 15 is 0 Å². The number of benzene rings is 1. The summed E-state index contributed by atoms with van der Waals surface area (Å²) in [6, 6.07) is 10.9. The Morgan fingerprint density at radius 2 is 2.00 bits per heavy atom. The average Bonchev–Trinajstić information content (AvgIpc) is 2.99. The maximum atomic E-state index is 4.73. The normalized spacial score (nSPS) is 18.8. The van der Waals surface area contributed by atoms with Gasteiger partial charge >= 0.3 is 0 Å². The highest BCUT2D eigenvalue weighted by Crippen LogP contribution is 2.30. The first-order valence-corrected chi connectivity index (χ1v) is 9.20. The van der Waals surface area contributed by atoms with Crippen LogP contribution in [0.3, 0.4) is 0 Å². The van der Waals surface area contributed by atoms with Crippen LogP contribution in [0.25, 0.3) is 5.65 Å². The summed E-state index contributed by atoms with van der Waals surface area (Å²) in [4.78, 5) is 7.29. The van der Waals surface area contributed by atoms with E-state index in [1.165, 1.54) is 29.5 Å². The molecule has 0 bridgehead atoms. The summed E-state index contributed by atoms with van der Waals surface area (Å²) in [5.74, 6) is 0.633. The molecule has 0 spiro atoms. The average molecular weight is 334 g/mol. The van der Waals surface area contributed by atoms with Crippen LogP contribution in [0, 0.1) is 20.8 Å². The third kappa shape index (κ3) is 3.19. The minimum Gasteiger partial charge on any atom is -0.298 e. The first kappa shape index (κ1) is 16.3. The summed E-state index contributed by atoms with van der Waals surface area (Å²) in [5.41, 5.74) is 7.37. The highest BCUT2D eigenvalue weighted by atomic mass is 15.3. The van der Waals surface area contributed by atoms with Gasteiger partial charge in [0, 0.05) is 30.0 Å². The lowest BCUT2D eigenvalue weighted by molar-refractivity contribution is 0.200. The molecular weight excluding hydrogens is 308 g/mol. The van der Waals surface area contributed by atoms with Crippen LogP contribution < -0.4 is 0 Å². The second-order valence-electron chi connectivity index (χ2n) is 7.37. The van der Waals surface area contributed by atoms with Gasteiger partial charge in [-0.15, -0.1) is 0 Å². The molecule has 1 aromatic carbocycles. The number of piperidine rings is 1. The summed E-state index contributed by atoms with van der Waals surface area (Å²) >= 11 is 0. The van der Waals surface area contributed by atoms with E-state index < -0.39 is 0 Å². The van der Waals surface area contributed by atoms with Gasteiger partial charge in [0.1, 0.15) is 0 Å². The highest BCUT2D eigenvalue weighted by Gasteiger charge is 2.23. The number of hydrogen-bond donors (Lipinski definition) is 0. The first-order valence-electron chi connectivity index (χ1n) is 9.20. The van der Waals surface area contributed by atoms with E-state index in [4.69, 9.17) is 4.98 Å². The number of hydrogen-bond acceptors (Lipinski definition) is 3. The number of likely N-dealkylation sites (tertiary alicyclic amines) is 1. The van der Waals surface area contributed by atoms with Crippen LogP contribution in [0.2, 0.25) is 0 Å². The standard InChI is InChI=1S/C21H26N4/c1-15-7-4-5-9-20(15)18-8-6-10-24(13-18)14-19-12-22-25-17(3)11-16(2)23-21(19)25/h4-5,7,9,11-12,18H,6,8,10,13-14H2,1-3H3/t18-/m0/s1. The lowest BCUT2D eigenvalue weighted by Gasteiger charge is -2.33. The van der Waals surface area contributed by atoms with Crippen LogP contribution in [0.4, 0.5) is 0 Å². The third-order valence-corrected chi connectivity index (χ3v) is 5.38. The van der Waals surface area contributed by atoms with Crippen molar-refractivity contribution in [2.45, 2.75) is 46.1 Å². The van der Waals surface area contributed by atoms with E-state index in [0.717, 1.165) is 36.7 Å². The minimum atomic E-state index is 0.633. The zero-order chi connectivity index (χ0) is 17.4. The SMILES string of the molecule is Cc1cc(C)n2ncc(CN3CCC[C@H](c4ccccc4C)C3)c2n1.